The molecule has 0 aliphatic rings. The molecule has 2 heteroatoms. The predicted molar refractivity (Wildman–Crippen MR) is 91.4 cm³/mol. The largest absolute Gasteiger partial charge is 0.399 e. The number of benzene rings is 2. The molecule has 2 aromatic rings. The molecule has 2 nitrogen and oxygen atoms in total. The lowest BCUT2D eigenvalue weighted by Crippen LogP contribution is -2.29. The molecule has 0 amide bonds. The van der Waals surface area contributed by atoms with Gasteiger partial charge in [-0.3, -0.25) is 0 Å². The third kappa shape index (κ3) is 5.60. The minimum absolute atomic E-state index is 0.860. The normalized spacial score (nSPS) is 11.0. The second kappa shape index (κ2) is 8.48. The lowest BCUT2D eigenvalue weighted by Gasteiger charge is -2.21. The van der Waals surface area contributed by atoms with Gasteiger partial charge in [-0.25, -0.2) is 0 Å². The van der Waals surface area contributed by atoms with E-state index in [4.69, 9.17) is 5.73 Å². The molecule has 0 spiro atoms. The second-order valence-corrected chi connectivity index (χ2v) is 5.57. The van der Waals surface area contributed by atoms with E-state index in [0.29, 0.717) is 0 Å². The van der Waals surface area contributed by atoms with Crippen molar-refractivity contribution in [2.24, 2.45) is 0 Å². The van der Waals surface area contributed by atoms with Crippen molar-refractivity contribution in [1.29, 1.82) is 0 Å². The molecule has 0 radical (unpaired) electrons. The van der Waals surface area contributed by atoms with Gasteiger partial charge in [-0.1, -0.05) is 49.4 Å². The average molecular weight is 282 g/mol. The monoisotopic (exact) mass is 282 g/mol. The van der Waals surface area contributed by atoms with Crippen molar-refractivity contribution in [2.45, 2.75) is 26.2 Å². The molecule has 0 atom stereocenters. The molecule has 2 rings (SSSR count). The van der Waals surface area contributed by atoms with E-state index in [0.717, 1.165) is 38.2 Å². The molecule has 0 unspecified atom stereocenters. The van der Waals surface area contributed by atoms with Crippen LogP contribution in [0.5, 0.6) is 0 Å². The Bertz CT molecular complexity index is 522. The first-order valence-corrected chi connectivity index (χ1v) is 7.88. The van der Waals surface area contributed by atoms with Crippen molar-refractivity contribution in [3.8, 4) is 0 Å². The molecular weight excluding hydrogens is 256 g/mol. The summed E-state index contributed by atoms with van der Waals surface area (Å²) in [7, 11) is 0. The number of nitrogens with two attached hydrogens (primary N) is 1. The van der Waals surface area contributed by atoms with Crippen LogP contribution in [0.15, 0.2) is 54.6 Å². The van der Waals surface area contributed by atoms with Gasteiger partial charge in [0.15, 0.2) is 0 Å². The van der Waals surface area contributed by atoms with Crippen LogP contribution in [0.1, 0.15) is 24.5 Å². The van der Waals surface area contributed by atoms with Gasteiger partial charge in [-0.15, -0.1) is 0 Å². The topological polar surface area (TPSA) is 29.3 Å². The zero-order chi connectivity index (χ0) is 14.9. The molecule has 0 aromatic heterocycles. The fraction of sp³-hybridized carbons (Fsp3) is 0.368. The maximum atomic E-state index is 5.84. The fourth-order valence-electron chi connectivity index (χ4n) is 2.62. The minimum Gasteiger partial charge on any atom is -0.399 e. The second-order valence-electron chi connectivity index (χ2n) is 5.57. The Labute approximate surface area is 128 Å². The van der Waals surface area contributed by atoms with Crippen LogP contribution in [0.25, 0.3) is 0 Å². The van der Waals surface area contributed by atoms with Gasteiger partial charge < -0.3 is 10.6 Å². The van der Waals surface area contributed by atoms with Crippen LogP contribution in [-0.4, -0.2) is 24.5 Å². The smallest absolute Gasteiger partial charge is 0.0316 e. The van der Waals surface area contributed by atoms with Crippen molar-refractivity contribution in [1.82, 2.24) is 4.90 Å². The highest BCUT2D eigenvalue weighted by atomic mass is 15.1. The minimum atomic E-state index is 0.860. The van der Waals surface area contributed by atoms with Crippen LogP contribution < -0.4 is 5.73 Å². The summed E-state index contributed by atoms with van der Waals surface area (Å²) in [4.78, 5) is 2.55. The Morgan fingerprint density at radius 3 is 2.14 bits per heavy atom. The van der Waals surface area contributed by atoms with Crippen molar-refractivity contribution < 1.29 is 0 Å². The highest BCUT2D eigenvalue weighted by Gasteiger charge is 2.05. The molecule has 0 fully saturated rings. The number of hydrogen-bond donors (Lipinski definition) is 1. The fourth-order valence-corrected chi connectivity index (χ4v) is 2.62. The third-order valence-electron chi connectivity index (χ3n) is 3.77. The summed E-state index contributed by atoms with van der Waals surface area (Å²) in [6, 6.07) is 19.0. The first-order chi connectivity index (χ1) is 10.3. The third-order valence-corrected chi connectivity index (χ3v) is 3.77. The summed E-state index contributed by atoms with van der Waals surface area (Å²) in [5, 5.41) is 0. The van der Waals surface area contributed by atoms with E-state index in [1.54, 1.807) is 0 Å². The van der Waals surface area contributed by atoms with E-state index in [-0.39, 0.29) is 0 Å². The van der Waals surface area contributed by atoms with E-state index >= 15 is 0 Å². The van der Waals surface area contributed by atoms with Crippen LogP contribution in [0.3, 0.4) is 0 Å². The van der Waals surface area contributed by atoms with Gasteiger partial charge in [-0.2, -0.15) is 0 Å². The van der Waals surface area contributed by atoms with Gasteiger partial charge >= 0.3 is 0 Å². The molecule has 2 N–H and O–H groups in total. The molecule has 112 valence electrons. The summed E-state index contributed by atoms with van der Waals surface area (Å²) in [5.41, 5.74) is 9.45. The van der Waals surface area contributed by atoms with Gasteiger partial charge in [-0.05, 0) is 49.1 Å². The first-order valence-electron chi connectivity index (χ1n) is 7.88. The van der Waals surface area contributed by atoms with E-state index in [2.05, 4.69) is 54.3 Å². The molecule has 0 heterocycles. The molecule has 0 bridgehead atoms. The van der Waals surface area contributed by atoms with Gasteiger partial charge in [0.25, 0.3) is 0 Å². The predicted octanol–water partition coefficient (Wildman–Crippen LogP) is 3.77. The lowest BCUT2D eigenvalue weighted by atomic mass is 10.1. The van der Waals surface area contributed by atoms with Crippen molar-refractivity contribution in [3.05, 3.63) is 65.7 Å². The van der Waals surface area contributed by atoms with Crippen molar-refractivity contribution in [2.75, 3.05) is 25.4 Å². The van der Waals surface area contributed by atoms with Gasteiger partial charge in [0.2, 0.25) is 0 Å². The van der Waals surface area contributed by atoms with Gasteiger partial charge in [0.05, 0.1) is 0 Å². The number of nitrogen functional groups attached to an aromatic ring is 1. The van der Waals surface area contributed by atoms with E-state index in [9.17, 15) is 0 Å². The number of rotatable bonds is 8. The molecule has 0 aliphatic carbocycles. The van der Waals surface area contributed by atoms with Crippen LogP contribution in [0.4, 0.5) is 5.69 Å². The van der Waals surface area contributed by atoms with Crippen LogP contribution in [-0.2, 0) is 12.8 Å². The molecule has 0 saturated carbocycles. The summed E-state index contributed by atoms with van der Waals surface area (Å²) < 4.78 is 0. The highest BCUT2D eigenvalue weighted by Crippen LogP contribution is 2.09. The van der Waals surface area contributed by atoms with Crippen LogP contribution >= 0.6 is 0 Å². The zero-order valence-corrected chi connectivity index (χ0v) is 13.0. The number of hydrogen-bond acceptors (Lipinski definition) is 2. The molecule has 2 aromatic carbocycles. The summed E-state index contributed by atoms with van der Waals surface area (Å²) in [6.07, 6.45) is 3.39. The maximum absolute atomic E-state index is 5.84. The van der Waals surface area contributed by atoms with E-state index in [1.807, 2.05) is 12.1 Å². The summed E-state index contributed by atoms with van der Waals surface area (Å²) >= 11 is 0. The Morgan fingerprint density at radius 1 is 0.810 bits per heavy atom. The Kier molecular flexibility index (Phi) is 6.29. The Morgan fingerprint density at radius 2 is 1.48 bits per heavy atom. The lowest BCUT2D eigenvalue weighted by molar-refractivity contribution is 0.281. The standard InChI is InChI=1S/C19H26N2/c1-2-13-21(14-11-17-7-4-3-5-8-17)15-12-18-9-6-10-19(20)16-18/h3-10,16H,2,11-15,20H2,1H3. The van der Waals surface area contributed by atoms with Crippen molar-refractivity contribution in [3.63, 3.8) is 0 Å². The Balaban J connectivity index is 1.84. The zero-order valence-electron chi connectivity index (χ0n) is 13.0. The summed E-state index contributed by atoms with van der Waals surface area (Å²) in [6.45, 7) is 5.63. The quantitative estimate of drug-likeness (QED) is 0.747. The maximum Gasteiger partial charge on any atom is 0.0316 e. The highest BCUT2D eigenvalue weighted by molar-refractivity contribution is 5.40. The Hall–Kier alpha value is -1.80. The summed E-state index contributed by atoms with van der Waals surface area (Å²) in [5.74, 6) is 0. The molecular formula is C19H26N2. The van der Waals surface area contributed by atoms with Crippen molar-refractivity contribution >= 4 is 5.69 Å². The molecule has 0 saturated heterocycles. The van der Waals surface area contributed by atoms with E-state index < -0.39 is 0 Å². The molecule has 0 aliphatic heterocycles. The number of anilines is 1. The van der Waals surface area contributed by atoms with Crippen LogP contribution in [0, 0.1) is 0 Å². The van der Waals surface area contributed by atoms with Crippen LogP contribution in [0.2, 0.25) is 0 Å². The average Bonchev–Trinajstić information content (AvgIpc) is 2.51. The first kappa shape index (κ1) is 15.6. The van der Waals surface area contributed by atoms with Gasteiger partial charge in [0.1, 0.15) is 0 Å². The SMILES string of the molecule is CCCN(CCc1ccccc1)CCc1cccc(N)c1. The number of nitrogens with zero attached hydrogens (tertiary/aromatic N) is 1. The van der Waals surface area contributed by atoms with Gasteiger partial charge in [0, 0.05) is 18.8 Å². The molecule has 21 heavy (non-hydrogen) atoms. The van der Waals surface area contributed by atoms with E-state index in [1.165, 1.54) is 17.5 Å².